The van der Waals surface area contributed by atoms with Gasteiger partial charge >= 0.3 is 12.0 Å². The van der Waals surface area contributed by atoms with Crippen LogP contribution in [0.3, 0.4) is 0 Å². The highest BCUT2D eigenvalue weighted by Gasteiger charge is 2.26. The molecule has 0 aliphatic carbocycles. The smallest absolute Gasteiger partial charge is 0.326 e. The molecular weight excluding hydrogens is 254 g/mol. The minimum atomic E-state index is -1.16. The molecule has 0 saturated carbocycles. The number of aliphatic carboxylic acids is 1. The van der Waals surface area contributed by atoms with Crippen LogP contribution < -0.4 is 5.32 Å². The molecule has 1 unspecified atom stereocenters. The van der Waals surface area contributed by atoms with Gasteiger partial charge in [0.1, 0.15) is 12.4 Å². The second-order valence-corrected chi connectivity index (χ2v) is 4.21. The van der Waals surface area contributed by atoms with Gasteiger partial charge in [0.25, 0.3) is 0 Å². The summed E-state index contributed by atoms with van der Waals surface area (Å²) >= 11 is 0. The van der Waals surface area contributed by atoms with E-state index in [1.54, 1.807) is 6.33 Å². The standard InChI is InChI=1S/C10H15N5O4/c16-4-1-7(9(17)18)12-10(19)14-2-3-15-6-11-13-8(15)5-14/h6-7,16H,1-5H2,(H,12,19)(H,17,18). The topological polar surface area (TPSA) is 121 Å². The number of aliphatic hydroxyl groups is 1. The third-order valence-electron chi connectivity index (χ3n) is 2.94. The van der Waals surface area contributed by atoms with Gasteiger partial charge in [-0.3, -0.25) is 0 Å². The molecule has 19 heavy (non-hydrogen) atoms. The Hall–Kier alpha value is -2.16. The van der Waals surface area contributed by atoms with E-state index >= 15 is 0 Å². The summed E-state index contributed by atoms with van der Waals surface area (Å²) < 4.78 is 1.84. The van der Waals surface area contributed by atoms with Gasteiger partial charge in [-0.2, -0.15) is 0 Å². The first-order chi connectivity index (χ1) is 9.11. The molecule has 0 saturated heterocycles. The van der Waals surface area contributed by atoms with Gasteiger partial charge in [0, 0.05) is 26.1 Å². The monoisotopic (exact) mass is 269 g/mol. The number of hydrogen-bond acceptors (Lipinski definition) is 5. The molecule has 1 atom stereocenters. The van der Waals surface area contributed by atoms with E-state index in [1.807, 2.05) is 4.57 Å². The SMILES string of the molecule is O=C(O)C(CCO)NC(=O)N1CCn2cnnc2C1. The summed E-state index contributed by atoms with van der Waals surface area (Å²) in [4.78, 5) is 24.3. The summed E-state index contributed by atoms with van der Waals surface area (Å²) in [6.45, 7) is 1.03. The minimum Gasteiger partial charge on any atom is -0.480 e. The van der Waals surface area contributed by atoms with Crippen molar-refractivity contribution in [3.63, 3.8) is 0 Å². The Morgan fingerprint density at radius 3 is 2.95 bits per heavy atom. The number of carboxylic acid groups (broad SMARTS) is 1. The van der Waals surface area contributed by atoms with E-state index in [9.17, 15) is 9.59 Å². The molecule has 1 aromatic rings. The van der Waals surface area contributed by atoms with Crippen molar-refractivity contribution in [1.29, 1.82) is 0 Å². The van der Waals surface area contributed by atoms with Crippen LogP contribution in [-0.2, 0) is 17.9 Å². The zero-order valence-electron chi connectivity index (χ0n) is 10.2. The molecule has 0 fully saturated rings. The van der Waals surface area contributed by atoms with E-state index in [0.29, 0.717) is 18.9 Å². The number of carboxylic acids is 1. The van der Waals surface area contributed by atoms with Crippen LogP contribution in [0.2, 0.25) is 0 Å². The predicted octanol–water partition coefficient (Wildman–Crippen LogP) is -1.36. The fraction of sp³-hybridized carbons (Fsp3) is 0.600. The van der Waals surface area contributed by atoms with Gasteiger partial charge in [0.05, 0.1) is 6.54 Å². The highest BCUT2D eigenvalue weighted by molar-refractivity contribution is 5.82. The summed E-state index contributed by atoms with van der Waals surface area (Å²) in [6.07, 6.45) is 1.57. The molecule has 9 nitrogen and oxygen atoms in total. The Labute approximate surface area is 108 Å². The Kier molecular flexibility index (Phi) is 3.95. The molecular formula is C10H15N5O4. The first-order valence-electron chi connectivity index (χ1n) is 5.87. The van der Waals surface area contributed by atoms with E-state index in [2.05, 4.69) is 15.5 Å². The molecule has 0 spiro atoms. The lowest BCUT2D eigenvalue weighted by molar-refractivity contribution is -0.139. The zero-order valence-corrected chi connectivity index (χ0v) is 10.2. The van der Waals surface area contributed by atoms with Crippen LogP contribution in [0.15, 0.2) is 6.33 Å². The molecule has 0 aromatic carbocycles. The normalized spacial score (nSPS) is 15.7. The predicted molar refractivity (Wildman–Crippen MR) is 62.1 cm³/mol. The molecule has 0 radical (unpaired) electrons. The van der Waals surface area contributed by atoms with Crippen molar-refractivity contribution >= 4 is 12.0 Å². The average Bonchev–Trinajstić information content (AvgIpc) is 2.85. The Morgan fingerprint density at radius 1 is 1.47 bits per heavy atom. The average molecular weight is 269 g/mol. The largest absolute Gasteiger partial charge is 0.480 e. The molecule has 2 rings (SSSR count). The van der Waals surface area contributed by atoms with Crippen molar-refractivity contribution < 1.29 is 19.8 Å². The second kappa shape index (κ2) is 5.65. The van der Waals surface area contributed by atoms with Crippen molar-refractivity contribution in [2.45, 2.75) is 25.6 Å². The van der Waals surface area contributed by atoms with Crippen molar-refractivity contribution in [3.05, 3.63) is 12.2 Å². The van der Waals surface area contributed by atoms with E-state index in [1.165, 1.54) is 4.90 Å². The number of urea groups is 1. The van der Waals surface area contributed by atoms with Gasteiger partial charge in [-0.05, 0) is 0 Å². The van der Waals surface area contributed by atoms with Crippen LogP contribution in [0.1, 0.15) is 12.2 Å². The van der Waals surface area contributed by atoms with Crippen LogP contribution in [0.25, 0.3) is 0 Å². The van der Waals surface area contributed by atoms with Crippen LogP contribution in [0.4, 0.5) is 4.79 Å². The number of aliphatic hydroxyl groups excluding tert-OH is 1. The zero-order chi connectivity index (χ0) is 13.8. The van der Waals surface area contributed by atoms with Crippen LogP contribution in [0, 0.1) is 0 Å². The Balaban J connectivity index is 1.95. The van der Waals surface area contributed by atoms with E-state index in [0.717, 1.165) is 0 Å². The molecule has 1 aliphatic rings. The molecule has 2 heterocycles. The van der Waals surface area contributed by atoms with Crippen molar-refractivity contribution in [3.8, 4) is 0 Å². The quantitative estimate of drug-likeness (QED) is 0.620. The van der Waals surface area contributed by atoms with E-state index in [4.69, 9.17) is 10.2 Å². The van der Waals surface area contributed by atoms with E-state index in [-0.39, 0.29) is 19.6 Å². The highest BCUT2D eigenvalue weighted by atomic mass is 16.4. The number of carbonyl (C=O) groups is 2. The van der Waals surface area contributed by atoms with Crippen molar-refractivity contribution in [1.82, 2.24) is 25.0 Å². The van der Waals surface area contributed by atoms with Gasteiger partial charge in [0.2, 0.25) is 0 Å². The van der Waals surface area contributed by atoms with Gasteiger partial charge in [-0.15, -0.1) is 10.2 Å². The lowest BCUT2D eigenvalue weighted by Crippen LogP contribution is -2.50. The number of nitrogens with zero attached hydrogens (tertiary/aromatic N) is 4. The molecule has 9 heteroatoms. The fourth-order valence-corrected chi connectivity index (χ4v) is 1.87. The summed E-state index contributed by atoms with van der Waals surface area (Å²) in [5, 5.41) is 27.7. The lowest BCUT2D eigenvalue weighted by atomic mass is 10.2. The maximum absolute atomic E-state index is 11.9. The summed E-state index contributed by atoms with van der Waals surface area (Å²) in [5.41, 5.74) is 0. The van der Waals surface area contributed by atoms with Gasteiger partial charge in [0.15, 0.2) is 5.82 Å². The van der Waals surface area contributed by atoms with Crippen molar-refractivity contribution in [2.24, 2.45) is 0 Å². The molecule has 104 valence electrons. The number of fused-ring (bicyclic) bond motifs is 1. The van der Waals surface area contributed by atoms with Crippen LogP contribution in [-0.4, -0.2) is 61.1 Å². The maximum atomic E-state index is 11.9. The number of amides is 2. The lowest BCUT2D eigenvalue weighted by Gasteiger charge is -2.28. The van der Waals surface area contributed by atoms with E-state index < -0.39 is 18.0 Å². The first kappa shape index (κ1) is 13.3. The van der Waals surface area contributed by atoms with Crippen LogP contribution >= 0.6 is 0 Å². The second-order valence-electron chi connectivity index (χ2n) is 4.21. The number of rotatable bonds is 4. The minimum absolute atomic E-state index is 0.0227. The summed E-state index contributed by atoms with van der Waals surface area (Å²) in [7, 11) is 0. The van der Waals surface area contributed by atoms with Crippen molar-refractivity contribution in [2.75, 3.05) is 13.2 Å². The Bertz CT molecular complexity index is 474. The molecule has 2 amide bonds. The number of nitrogens with one attached hydrogen (secondary N) is 1. The maximum Gasteiger partial charge on any atom is 0.326 e. The molecule has 1 aromatic heterocycles. The van der Waals surface area contributed by atoms with Gasteiger partial charge < -0.3 is 25.0 Å². The van der Waals surface area contributed by atoms with Crippen LogP contribution in [0.5, 0.6) is 0 Å². The third-order valence-corrected chi connectivity index (χ3v) is 2.94. The van der Waals surface area contributed by atoms with Gasteiger partial charge in [-0.1, -0.05) is 0 Å². The third kappa shape index (κ3) is 2.99. The number of carbonyl (C=O) groups excluding carboxylic acids is 1. The number of hydrogen-bond donors (Lipinski definition) is 3. The number of aromatic nitrogens is 3. The molecule has 1 aliphatic heterocycles. The molecule has 3 N–H and O–H groups in total. The highest BCUT2D eigenvalue weighted by Crippen LogP contribution is 2.09. The van der Waals surface area contributed by atoms with Gasteiger partial charge in [-0.25, -0.2) is 9.59 Å². The fourth-order valence-electron chi connectivity index (χ4n) is 1.87. The first-order valence-corrected chi connectivity index (χ1v) is 5.87. The Morgan fingerprint density at radius 2 is 2.26 bits per heavy atom. The summed E-state index contributed by atoms with van der Waals surface area (Å²) in [5.74, 6) is -0.502. The molecule has 0 bridgehead atoms. The summed E-state index contributed by atoms with van der Waals surface area (Å²) in [6, 6.07) is -1.56.